The lowest BCUT2D eigenvalue weighted by atomic mass is 10.1. The van der Waals surface area contributed by atoms with E-state index < -0.39 is 11.7 Å². The van der Waals surface area contributed by atoms with Crippen molar-refractivity contribution in [3.05, 3.63) is 51.5 Å². The van der Waals surface area contributed by atoms with Crippen LogP contribution >= 0.6 is 11.3 Å². The Hall–Kier alpha value is -2.13. The Balaban J connectivity index is 1.41. The molecule has 9 heteroatoms. The van der Waals surface area contributed by atoms with E-state index in [2.05, 4.69) is 32.4 Å². The number of nitrogens with zero attached hydrogens (tertiary/aromatic N) is 3. The van der Waals surface area contributed by atoms with Crippen molar-refractivity contribution in [2.75, 3.05) is 26.7 Å². The molecule has 0 radical (unpaired) electrons. The number of benzene rings is 1. The average Bonchev–Trinajstić information content (AvgIpc) is 3.36. The highest BCUT2D eigenvalue weighted by atomic mass is 32.1. The lowest BCUT2D eigenvalue weighted by molar-refractivity contribution is -0.137. The van der Waals surface area contributed by atoms with Gasteiger partial charge in [0.1, 0.15) is 0 Å². The highest BCUT2D eigenvalue weighted by Gasteiger charge is 2.30. The normalized spacial score (nSPS) is 18.0. The number of halogens is 3. The molecule has 1 atom stereocenters. The Morgan fingerprint density at radius 3 is 2.70 bits per heavy atom. The van der Waals surface area contributed by atoms with Crippen LogP contribution in [0.1, 0.15) is 34.4 Å². The van der Waals surface area contributed by atoms with Gasteiger partial charge in [-0.1, -0.05) is 19.1 Å². The summed E-state index contributed by atoms with van der Waals surface area (Å²) in [5.41, 5.74) is 0.284. The second kappa shape index (κ2) is 10.3. The topological polar surface area (TPSA) is 52.6 Å². The predicted octanol–water partition coefficient (Wildman–Crippen LogP) is 3.71. The Kier molecular flexibility index (Phi) is 7.71. The summed E-state index contributed by atoms with van der Waals surface area (Å²) in [6.45, 7) is 5.26. The number of likely N-dealkylation sites (tertiary alicyclic amines) is 1. The second-order valence-corrected chi connectivity index (χ2v) is 8.58. The summed E-state index contributed by atoms with van der Waals surface area (Å²) in [5, 5.41) is 7.91. The van der Waals surface area contributed by atoms with Crippen LogP contribution < -0.4 is 10.6 Å². The Morgan fingerprint density at radius 2 is 2.07 bits per heavy atom. The minimum absolute atomic E-state index is 0.261. The van der Waals surface area contributed by atoms with Crippen LogP contribution in [0.5, 0.6) is 0 Å². The zero-order valence-electron chi connectivity index (χ0n) is 17.3. The quantitative estimate of drug-likeness (QED) is 0.510. The molecule has 2 aromatic rings. The van der Waals surface area contributed by atoms with E-state index >= 15 is 0 Å². The van der Waals surface area contributed by atoms with Crippen molar-refractivity contribution < 1.29 is 13.2 Å². The fraction of sp³-hybridized carbons (Fsp3) is 0.524. The summed E-state index contributed by atoms with van der Waals surface area (Å²) in [6.07, 6.45) is 0.488. The van der Waals surface area contributed by atoms with Gasteiger partial charge in [-0.25, -0.2) is 4.98 Å². The highest BCUT2D eigenvalue weighted by molar-refractivity contribution is 7.11. The van der Waals surface area contributed by atoms with Crippen molar-refractivity contribution in [1.82, 2.24) is 20.5 Å². The molecule has 0 spiro atoms. The van der Waals surface area contributed by atoms with Crippen LogP contribution in [0.2, 0.25) is 0 Å². The number of alkyl halides is 3. The first-order chi connectivity index (χ1) is 14.4. The predicted molar refractivity (Wildman–Crippen MR) is 115 cm³/mol. The zero-order chi connectivity index (χ0) is 21.6. The maximum atomic E-state index is 12.7. The molecule has 1 saturated heterocycles. The van der Waals surface area contributed by atoms with Gasteiger partial charge in [-0.2, -0.15) is 13.2 Å². The maximum Gasteiger partial charge on any atom is 0.416 e. The molecule has 1 fully saturated rings. The van der Waals surface area contributed by atoms with E-state index in [1.54, 1.807) is 30.5 Å². The number of aryl methyl sites for hydroxylation is 1. The molecule has 1 unspecified atom stereocenters. The van der Waals surface area contributed by atoms with E-state index in [0.29, 0.717) is 6.54 Å². The second-order valence-electron chi connectivity index (χ2n) is 7.38. The summed E-state index contributed by atoms with van der Waals surface area (Å²) in [7, 11) is 1.75. The van der Waals surface area contributed by atoms with Crippen LogP contribution in [0.15, 0.2) is 35.5 Å². The van der Waals surface area contributed by atoms with Crippen LogP contribution in [-0.2, 0) is 25.6 Å². The summed E-state index contributed by atoms with van der Waals surface area (Å²) in [5.74, 6) is 0.767. The van der Waals surface area contributed by atoms with Crippen LogP contribution in [0, 0.1) is 0 Å². The van der Waals surface area contributed by atoms with E-state index in [0.717, 1.165) is 67.6 Å². The number of rotatable bonds is 7. The molecule has 2 heterocycles. The molecule has 0 saturated carbocycles. The van der Waals surface area contributed by atoms with Crippen LogP contribution in [0.4, 0.5) is 13.2 Å². The molecular formula is C21H28F3N5S. The van der Waals surface area contributed by atoms with Crippen molar-refractivity contribution >= 4 is 17.3 Å². The number of hydrogen-bond acceptors (Lipinski definition) is 4. The van der Waals surface area contributed by atoms with Gasteiger partial charge in [0, 0.05) is 56.8 Å². The van der Waals surface area contributed by atoms with Crippen molar-refractivity contribution in [3.63, 3.8) is 0 Å². The van der Waals surface area contributed by atoms with Gasteiger partial charge >= 0.3 is 6.18 Å². The number of aliphatic imine (C=N–C) groups is 1. The lowest BCUT2D eigenvalue weighted by Gasteiger charge is -2.19. The van der Waals surface area contributed by atoms with Gasteiger partial charge in [0.05, 0.1) is 10.6 Å². The summed E-state index contributed by atoms with van der Waals surface area (Å²) >= 11 is 1.75. The van der Waals surface area contributed by atoms with Gasteiger partial charge in [0.25, 0.3) is 0 Å². The first-order valence-electron chi connectivity index (χ1n) is 10.2. The highest BCUT2D eigenvalue weighted by Crippen LogP contribution is 2.29. The van der Waals surface area contributed by atoms with Crippen molar-refractivity contribution in [2.24, 2.45) is 4.99 Å². The zero-order valence-corrected chi connectivity index (χ0v) is 18.1. The molecule has 164 valence electrons. The number of aromatic nitrogens is 1. The molecule has 0 amide bonds. The third-order valence-electron chi connectivity index (χ3n) is 5.11. The monoisotopic (exact) mass is 439 g/mol. The molecule has 1 aliphatic rings. The summed E-state index contributed by atoms with van der Waals surface area (Å²) in [4.78, 5) is 12.3. The SMILES string of the molecule is CCc1cnc(CCNC(=NC)NC2CCN(Cc3ccc(C(F)(F)F)cc3)C2)s1. The van der Waals surface area contributed by atoms with Gasteiger partial charge in [0.15, 0.2) is 5.96 Å². The molecule has 30 heavy (non-hydrogen) atoms. The number of nitrogens with one attached hydrogen (secondary N) is 2. The largest absolute Gasteiger partial charge is 0.416 e. The minimum atomic E-state index is -4.29. The first kappa shape index (κ1) is 22.6. The number of hydrogen-bond donors (Lipinski definition) is 2. The van der Waals surface area contributed by atoms with Crippen LogP contribution in [-0.4, -0.2) is 48.6 Å². The van der Waals surface area contributed by atoms with Crippen LogP contribution in [0.3, 0.4) is 0 Å². The molecule has 3 rings (SSSR count). The Bertz CT molecular complexity index is 832. The third-order valence-corrected chi connectivity index (χ3v) is 6.31. The number of thiazole rings is 1. The first-order valence-corrected chi connectivity index (χ1v) is 11.0. The molecule has 2 N–H and O–H groups in total. The molecule has 5 nitrogen and oxygen atoms in total. The van der Waals surface area contributed by atoms with Gasteiger partial charge in [-0.05, 0) is 30.5 Å². The molecule has 1 aromatic heterocycles. The maximum absolute atomic E-state index is 12.7. The van der Waals surface area contributed by atoms with E-state index in [9.17, 15) is 13.2 Å². The third kappa shape index (κ3) is 6.43. The fourth-order valence-corrected chi connectivity index (χ4v) is 4.32. The van der Waals surface area contributed by atoms with E-state index in [-0.39, 0.29) is 6.04 Å². The fourth-order valence-electron chi connectivity index (χ4n) is 3.45. The van der Waals surface area contributed by atoms with Gasteiger partial charge in [0.2, 0.25) is 0 Å². The van der Waals surface area contributed by atoms with Gasteiger partial charge < -0.3 is 10.6 Å². The molecule has 0 bridgehead atoms. The van der Waals surface area contributed by atoms with E-state index in [1.807, 2.05) is 6.20 Å². The van der Waals surface area contributed by atoms with E-state index in [4.69, 9.17) is 0 Å². The summed E-state index contributed by atoms with van der Waals surface area (Å²) in [6, 6.07) is 5.69. The summed E-state index contributed by atoms with van der Waals surface area (Å²) < 4.78 is 38.1. The molecular weight excluding hydrogens is 411 g/mol. The van der Waals surface area contributed by atoms with Crippen molar-refractivity contribution in [2.45, 2.75) is 44.9 Å². The Morgan fingerprint density at radius 1 is 1.30 bits per heavy atom. The van der Waals surface area contributed by atoms with Gasteiger partial charge in [-0.15, -0.1) is 11.3 Å². The Labute approximate surface area is 179 Å². The van der Waals surface area contributed by atoms with Crippen molar-refractivity contribution in [1.29, 1.82) is 0 Å². The lowest BCUT2D eigenvalue weighted by Crippen LogP contribution is -2.45. The average molecular weight is 440 g/mol. The van der Waals surface area contributed by atoms with Crippen LogP contribution in [0.25, 0.3) is 0 Å². The van der Waals surface area contributed by atoms with Gasteiger partial charge in [-0.3, -0.25) is 9.89 Å². The van der Waals surface area contributed by atoms with Crippen molar-refractivity contribution in [3.8, 4) is 0 Å². The molecule has 0 aliphatic carbocycles. The van der Waals surface area contributed by atoms with E-state index in [1.165, 1.54) is 4.88 Å². The molecule has 1 aromatic carbocycles. The smallest absolute Gasteiger partial charge is 0.356 e. The minimum Gasteiger partial charge on any atom is -0.356 e. The molecule has 1 aliphatic heterocycles. The standard InChI is InChI=1S/C21H28F3N5S/c1-3-18-12-27-19(30-18)8-10-26-20(25-2)28-17-9-11-29(14-17)13-15-4-6-16(7-5-15)21(22,23)24/h4-7,12,17H,3,8-11,13-14H2,1-2H3,(H2,25,26,28). The number of guanidine groups is 1.